The van der Waals surface area contributed by atoms with Crippen molar-refractivity contribution in [3.05, 3.63) is 11.4 Å². The number of aromatic amines is 1. The van der Waals surface area contributed by atoms with Crippen LogP contribution in [0.4, 0.5) is 0 Å². The summed E-state index contributed by atoms with van der Waals surface area (Å²) in [6.45, 7) is 3.59. The first-order chi connectivity index (χ1) is 9.93. The van der Waals surface area contributed by atoms with Crippen molar-refractivity contribution < 1.29 is 17.9 Å². The molecule has 1 aliphatic heterocycles. The SMILES string of the molecule is CCc1[nH]nc(C(=O)NCC2CCOCC2)c1S(=O)(=O)Cl. The predicted octanol–water partition coefficient (Wildman–Crippen LogP) is 1.06. The van der Waals surface area contributed by atoms with E-state index in [1.807, 2.05) is 0 Å². The number of rotatable bonds is 5. The molecular formula is C12H18ClN3O4S. The standard InChI is InChI=1S/C12H18ClN3O4S/c1-2-9-11(21(13,18)19)10(16-15-9)12(17)14-7-8-3-5-20-6-4-8/h8H,2-7H2,1H3,(H,14,17)(H,15,16). The van der Waals surface area contributed by atoms with E-state index in [0.29, 0.717) is 37.8 Å². The number of nitrogens with one attached hydrogen (secondary N) is 2. The number of aryl methyl sites for hydroxylation is 1. The van der Waals surface area contributed by atoms with Gasteiger partial charge >= 0.3 is 0 Å². The lowest BCUT2D eigenvalue weighted by Gasteiger charge is -2.21. The van der Waals surface area contributed by atoms with Crippen molar-refractivity contribution in [1.29, 1.82) is 0 Å². The lowest BCUT2D eigenvalue weighted by molar-refractivity contribution is 0.0641. The second kappa shape index (κ2) is 6.76. The molecule has 0 bridgehead atoms. The average Bonchev–Trinajstić information content (AvgIpc) is 2.90. The van der Waals surface area contributed by atoms with E-state index in [4.69, 9.17) is 15.4 Å². The van der Waals surface area contributed by atoms with Crippen LogP contribution in [0.15, 0.2) is 4.90 Å². The summed E-state index contributed by atoms with van der Waals surface area (Å²) in [5.74, 6) is -0.194. The fourth-order valence-electron chi connectivity index (χ4n) is 2.30. The molecule has 1 aliphatic rings. The summed E-state index contributed by atoms with van der Waals surface area (Å²) >= 11 is 0. The van der Waals surface area contributed by atoms with Crippen molar-refractivity contribution in [2.24, 2.45) is 5.92 Å². The summed E-state index contributed by atoms with van der Waals surface area (Å²) in [5.41, 5.74) is 0.162. The van der Waals surface area contributed by atoms with Gasteiger partial charge in [-0.1, -0.05) is 6.92 Å². The topological polar surface area (TPSA) is 101 Å². The molecule has 9 heteroatoms. The highest BCUT2D eigenvalue weighted by molar-refractivity contribution is 8.13. The second-order valence-corrected chi connectivity index (χ2v) is 7.44. The van der Waals surface area contributed by atoms with Gasteiger partial charge in [-0.25, -0.2) is 8.42 Å². The number of aromatic nitrogens is 2. The van der Waals surface area contributed by atoms with Crippen LogP contribution in [0.3, 0.4) is 0 Å². The number of H-pyrrole nitrogens is 1. The van der Waals surface area contributed by atoms with E-state index in [-0.39, 0.29) is 10.6 Å². The molecule has 1 amide bonds. The van der Waals surface area contributed by atoms with Gasteiger partial charge in [-0.2, -0.15) is 5.10 Å². The molecule has 0 unspecified atom stereocenters. The van der Waals surface area contributed by atoms with Gasteiger partial charge in [0.1, 0.15) is 4.90 Å². The summed E-state index contributed by atoms with van der Waals surface area (Å²) in [4.78, 5) is 11.9. The van der Waals surface area contributed by atoms with Crippen LogP contribution in [0.1, 0.15) is 35.9 Å². The number of amides is 1. The summed E-state index contributed by atoms with van der Waals surface area (Å²) in [6.07, 6.45) is 2.14. The molecule has 2 heterocycles. The van der Waals surface area contributed by atoms with Crippen LogP contribution in [0.5, 0.6) is 0 Å². The quantitative estimate of drug-likeness (QED) is 0.783. The van der Waals surface area contributed by atoms with Gasteiger partial charge in [0.15, 0.2) is 5.69 Å². The maximum Gasteiger partial charge on any atom is 0.273 e. The van der Waals surface area contributed by atoms with Crippen LogP contribution >= 0.6 is 10.7 Å². The summed E-state index contributed by atoms with van der Waals surface area (Å²) in [6, 6.07) is 0. The lowest BCUT2D eigenvalue weighted by atomic mass is 10.0. The van der Waals surface area contributed by atoms with Crippen LogP contribution < -0.4 is 5.32 Å². The number of carbonyl (C=O) groups is 1. The molecule has 2 N–H and O–H groups in total. The fraction of sp³-hybridized carbons (Fsp3) is 0.667. The minimum Gasteiger partial charge on any atom is -0.381 e. The van der Waals surface area contributed by atoms with E-state index in [0.717, 1.165) is 12.8 Å². The number of hydrogen-bond donors (Lipinski definition) is 2. The van der Waals surface area contributed by atoms with Crippen molar-refractivity contribution in [2.75, 3.05) is 19.8 Å². The zero-order valence-corrected chi connectivity index (χ0v) is 13.3. The third-order valence-corrected chi connectivity index (χ3v) is 4.89. The lowest BCUT2D eigenvalue weighted by Crippen LogP contribution is -2.32. The Morgan fingerprint density at radius 1 is 1.48 bits per heavy atom. The molecule has 0 saturated carbocycles. The average molecular weight is 336 g/mol. The van der Waals surface area contributed by atoms with Gasteiger partial charge in [-0.3, -0.25) is 9.89 Å². The first-order valence-corrected chi connectivity index (χ1v) is 9.12. The molecule has 1 aromatic heterocycles. The van der Waals surface area contributed by atoms with Crippen molar-refractivity contribution in [3.63, 3.8) is 0 Å². The Hall–Kier alpha value is -1.12. The van der Waals surface area contributed by atoms with Crippen molar-refractivity contribution in [2.45, 2.75) is 31.1 Å². The Morgan fingerprint density at radius 2 is 2.14 bits per heavy atom. The molecule has 7 nitrogen and oxygen atoms in total. The Morgan fingerprint density at radius 3 is 2.71 bits per heavy atom. The molecular weight excluding hydrogens is 318 g/mol. The molecule has 1 aromatic rings. The highest BCUT2D eigenvalue weighted by atomic mass is 35.7. The molecule has 2 rings (SSSR count). The van der Waals surface area contributed by atoms with E-state index in [2.05, 4.69) is 15.5 Å². The highest BCUT2D eigenvalue weighted by Gasteiger charge is 2.28. The normalized spacial score (nSPS) is 16.9. The van der Waals surface area contributed by atoms with Gasteiger partial charge in [0.2, 0.25) is 0 Å². The zero-order valence-electron chi connectivity index (χ0n) is 11.7. The predicted molar refractivity (Wildman–Crippen MR) is 76.9 cm³/mol. The van der Waals surface area contributed by atoms with Gasteiger partial charge in [0.05, 0.1) is 5.69 Å². The second-order valence-electron chi connectivity index (χ2n) is 4.94. The monoisotopic (exact) mass is 335 g/mol. The third kappa shape index (κ3) is 3.96. The molecule has 0 atom stereocenters. The maximum atomic E-state index is 12.1. The first-order valence-electron chi connectivity index (χ1n) is 6.81. The number of halogens is 1. The molecule has 1 fully saturated rings. The fourth-order valence-corrected chi connectivity index (χ4v) is 3.65. The van der Waals surface area contributed by atoms with E-state index < -0.39 is 15.0 Å². The van der Waals surface area contributed by atoms with Gasteiger partial charge in [0.25, 0.3) is 15.0 Å². The Labute approximate surface area is 127 Å². The van der Waals surface area contributed by atoms with E-state index in [9.17, 15) is 13.2 Å². The highest BCUT2D eigenvalue weighted by Crippen LogP contribution is 2.23. The maximum absolute atomic E-state index is 12.1. The smallest absolute Gasteiger partial charge is 0.273 e. The minimum absolute atomic E-state index is 0.172. The number of carbonyl (C=O) groups excluding carboxylic acids is 1. The van der Waals surface area contributed by atoms with Crippen LogP contribution in [0.2, 0.25) is 0 Å². The Balaban J connectivity index is 2.10. The van der Waals surface area contributed by atoms with Crippen molar-refractivity contribution >= 4 is 25.6 Å². The van der Waals surface area contributed by atoms with Crippen molar-refractivity contribution in [1.82, 2.24) is 15.5 Å². The van der Waals surface area contributed by atoms with Gasteiger partial charge in [-0.15, -0.1) is 0 Å². The number of nitrogens with zero attached hydrogens (tertiary/aromatic N) is 1. The molecule has 118 valence electrons. The third-order valence-electron chi connectivity index (χ3n) is 3.50. The summed E-state index contributed by atoms with van der Waals surface area (Å²) in [7, 11) is 1.37. The van der Waals surface area contributed by atoms with Gasteiger partial charge in [0, 0.05) is 30.4 Å². The van der Waals surface area contributed by atoms with Crippen LogP contribution in [0, 0.1) is 5.92 Å². The van der Waals surface area contributed by atoms with Crippen LogP contribution in [-0.2, 0) is 20.2 Å². The summed E-state index contributed by atoms with van der Waals surface area (Å²) < 4.78 is 28.5. The molecule has 0 spiro atoms. The zero-order chi connectivity index (χ0) is 15.5. The van der Waals surface area contributed by atoms with E-state index in [1.165, 1.54) is 0 Å². The number of hydrogen-bond acceptors (Lipinski definition) is 5. The molecule has 0 aliphatic carbocycles. The molecule has 0 aromatic carbocycles. The van der Waals surface area contributed by atoms with Crippen LogP contribution in [0.25, 0.3) is 0 Å². The van der Waals surface area contributed by atoms with Gasteiger partial charge in [-0.05, 0) is 25.2 Å². The van der Waals surface area contributed by atoms with E-state index in [1.54, 1.807) is 6.92 Å². The van der Waals surface area contributed by atoms with E-state index >= 15 is 0 Å². The van der Waals surface area contributed by atoms with Crippen LogP contribution in [-0.4, -0.2) is 44.3 Å². The Kier molecular flexibility index (Phi) is 5.23. The van der Waals surface area contributed by atoms with Crippen molar-refractivity contribution in [3.8, 4) is 0 Å². The summed E-state index contributed by atoms with van der Waals surface area (Å²) in [5, 5.41) is 9.07. The number of ether oxygens (including phenoxy) is 1. The molecule has 0 radical (unpaired) electrons. The largest absolute Gasteiger partial charge is 0.381 e. The first kappa shape index (κ1) is 16.3. The Bertz CT molecular complexity index is 608. The molecule has 1 saturated heterocycles. The van der Waals surface area contributed by atoms with Gasteiger partial charge < -0.3 is 10.1 Å². The minimum atomic E-state index is -4.02. The molecule has 21 heavy (non-hydrogen) atoms.